The number of fused-ring (bicyclic) bond motifs is 1. The maximum absolute atomic E-state index is 13.3. The second-order valence-corrected chi connectivity index (χ2v) is 9.37. The van der Waals surface area contributed by atoms with Gasteiger partial charge in [0.15, 0.2) is 0 Å². The molecule has 1 aliphatic heterocycles. The molecule has 0 saturated heterocycles. The van der Waals surface area contributed by atoms with Gasteiger partial charge >= 0.3 is 0 Å². The Hall–Kier alpha value is -2.45. The van der Waals surface area contributed by atoms with Crippen LogP contribution in [0.5, 0.6) is 0 Å². The molecule has 1 amide bonds. The highest BCUT2D eigenvalue weighted by atomic mass is 32.1. The number of rotatable bonds is 2. The molecular weight excluding hydrogens is 391 g/mol. The van der Waals surface area contributed by atoms with Crippen molar-refractivity contribution in [2.45, 2.75) is 50.3 Å². The lowest BCUT2D eigenvalue weighted by Gasteiger charge is -2.49. The van der Waals surface area contributed by atoms with Gasteiger partial charge in [-0.1, -0.05) is 6.08 Å². The van der Waals surface area contributed by atoms with E-state index in [2.05, 4.69) is 20.8 Å². The van der Waals surface area contributed by atoms with Crippen molar-refractivity contribution in [2.75, 3.05) is 5.32 Å². The number of nitrogens with zero attached hydrogens (tertiary/aromatic N) is 1. The van der Waals surface area contributed by atoms with Crippen LogP contribution in [0.1, 0.15) is 47.5 Å². The van der Waals surface area contributed by atoms with E-state index >= 15 is 0 Å². The Morgan fingerprint density at radius 2 is 2.07 bits per heavy atom. The number of carbonyl (C=O) groups is 1. The molecule has 0 radical (unpaired) electrons. The summed E-state index contributed by atoms with van der Waals surface area (Å²) in [6.45, 7) is 1.96. The number of aryl methyl sites for hydroxylation is 1. The van der Waals surface area contributed by atoms with Crippen molar-refractivity contribution in [3.8, 4) is 10.4 Å². The van der Waals surface area contributed by atoms with E-state index in [9.17, 15) is 14.3 Å². The normalized spacial score (nSPS) is 31.2. The largest absolute Gasteiger partial charge is 0.389 e. The van der Waals surface area contributed by atoms with Gasteiger partial charge in [-0.25, -0.2) is 4.39 Å². The van der Waals surface area contributed by atoms with Crippen LogP contribution in [0.2, 0.25) is 0 Å². The number of allylic oxidation sites excluding steroid dienone is 3. The van der Waals surface area contributed by atoms with Crippen LogP contribution in [0.3, 0.4) is 0 Å². The quantitative estimate of drug-likeness (QED) is 0.597. The van der Waals surface area contributed by atoms with Gasteiger partial charge in [0.2, 0.25) is 0 Å². The van der Waals surface area contributed by atoms with Crippen molar-refractivity contribution in [1.29, 1.82) is 0 Å². The Balaban J connectivity index is 1.35. The van der Waals surface area contributed by atoms with E-state index in [0.29, 0.717) is 37.0 Å². The fourth-order valence-corrected chi connectivity index (χ4v) is 5.75. The first-order chi connectivity index (χ1) is 13.9. The predicted molar refractivity (Wildman–Crippen MR) is 110 cm³/mol. The number of aliphatic hydroxyl groups is 1. The lowest BCUT2D eigenvalue weighted by molar-refractivity contribution is -0.0490. The number of hydrogen-bond donors (Lipinski definition) is 4. The van der Waals surface area contributed by atoms with Gasteiger partial charge in [-0.15, -0.1) is 11.3 Å². The molecule has 29 heavy (non-hydrogen) atoms. The standard InChI is InChI=1S/C21H23FN4O2S/c1-12-15(11-23-26-12)17-10-16-18(29-17)19(27)25-21(24-16)8-6-20(28,7-9-21)13-2-4-14(22)5-3-13/h2,4-5,10-11,13,24,28H,3,6-9H2,1H3,(H,23,26)(H,25,27). The zero-order valence-corrected chi connectivity index (χ0v) is 16.9. The maximum Gasteiger partial charge on any atom is 0.265 e. The third-order valence-electron chi connectivity index (χ3n) is 6.47. The van der Waals surface area contributed by atoms with E-state index in [4.69, 9.17) is 0 Å². The first-order valence-corrected chi connectivity index (χ1v) is 10.7. The van der Waals surface area contributed by atoms with E-state index < -0.39 is 11.3 Å². The predicted octanol–water partition coefficient (Wildman–Crippen LogP) is 4.03. The summed E-state index contributed by atoms with van der Waals surface area (Å²) < 4.78 is 13.3. The lowest BCUT2D eigenvalue weighted by Crippen LogP contribution is -2.61. The Bertz CT molecular complexity index is 1030. The van der Waals surface area contributed by atoms with Crippen LogP contribution in [0.4, 0.5) is 10.1 Å². The molecule has 2 aliphatic carbocycles. The minimum atomic E-state index is -0.876. The molecule has 2 aromatic rings. The molecular formula is C21H23FN4O2S. The SMILES string of the molecule is Cc1[nH]ncc1-c1cc2c(s1)C(=O)NC1(CCC(O)(C3C=CC(F)=CC3)CC1)N2. The van der Waals surface area contributed by atoms with Crippen LogP contribution in [0, 0.1) is 12.8 Å². The summed E-state index contributed by atoms with van der Waals surface area (Å²) in [4.78, 5) is 14.5. The minimum absolute atomic E-state index is 0.0795. The number of carbonyl (C=O) groups excluding carboxylic acids is 1. The number of hydrogen-bond acceptors (Lipinski definition) is 5. The number of aromatic amines is 1. The van der Waals surface area contributed by atoms with Gasteiger partial charge in [0.25, 0.3) is 5.91 Å². The molecule has 3 aliphatic rings. The number of aromatic nitrogens is 2. The van der Waals surface area contributed by atoms with E-state index in [0.717, 1.165) is 21.8 Å². The van der Waals surface area contributed by atoms with Crippen LogP contribution in [-0.2, 0) is 0 Å². The second-order valence-electron chi connectivity index (χ2n) is 8.32. The van der Waals surface area contributed by atoms with Crippen molar-refractivity contribution in [3.63, 3.8) is 0 Å². The van der Waals surface area contributed by atoms with E-state index in [1.165, 1.54) is 23.5 Å². The highest BCUT2D eigenvalue weighted by Crippen LogP contribution is 2.46. The van der Waals surface area contributed by atoms with E-state index in [1.807, 2.05) is 13.0 Å². The Morgan fingerprint density at radius 3 is 2.72 bits per heavy atom. The smallest absolute Gasteiger partial charge is 0.265 e. The number of halogens is 1. The Kier molecular flexibility index (Phi) is 4.18. The number of nitrogens with one attached hydrogen (secondary N) is 3. The molecule has 1 fully saturated rings. The van der Waals surface area contributed by atoms with Crippen LogP contribution in [0.25, 0.3) is 10.4 Å². The van der Waals surface area contributed by atoms with E-state index in [1.54, 1.807) is 12.3 Å². The summed E-state index contributed by atoms with van der Waals surface area (Å²) >= 11 is 1.45. The van der Waals surface area contributed by atoms with Gasteiger partial charge in [0, 0.05) is 22.1 Å². The minimum Gasteiger partial charge on any atom is -0.389 e. The van der Waals surface area contributed by atoms with Crippen molar-refractivity contribution < 1.29 is 14.3 Å². The highest BCUT2D eigenvalue weighted by molar-refractivity contribution is 7.18. The topological polar surface area (TPSA) is 90.0 Å². The summed E-state index contributed by atoms with van der Waals surface area (Å²) in [5.74, 6) is -0.415. The summed E-state index contributed by atoms with van der Waals surface area (Å²) in [6, 6.07) is 2.01. The molecule has 3 heterocycles. The van der Waals surface area contributed by atoms with Gasteiger partial charge in [-0.2, -0.15) is 5.10 Å². The molecule has 8 heteroatoms. The average molecular weight is 415 g/mol. The van der Waals surface area contributed by atoms with E-state index in [-0.39, 0.29) is 17.7 Å². The van der Waals surface area contributed by atoms with Crippen LogP contribution < -0.4 is 10.6 Å². The molecule has 1 spiro atoms. The summed E-state index contributed by atoms with van der Waals surface area (Å²) in [6.07, 6.45) is 9.33. The maximum atomic E-state index is 13.3. The monoisotopic (exact) mass is 414 g/mol. The number of H-pyrrole nitrogens is 1. The van der Waals surface area contributed by atoms with Gasteiger partial charge in [-0.3, -0.25) is 9.89 Å². The summed E-state index contributed by atoms with van der Waals surface area (Å²) in [7, 11) is 0. The van der Waals surface area contributed by atoms with Gasteiger partial charge in [0.1, 0.15) is 16.4 Å². The van der Waals surface area contributed by atoms with Crippen LogP contribution in [-0.4, -0.2) is 32.5 Å². The highest BCUT2D eigenvalue weighted by Gasteiger charge is 2.48. The third-order valence-corrected chi connectivity index (χ3v) is 7.64. The van der Waals surface area contributed by atoms with Gasteiger partial charge in [0.05, 0.1) is 17.5 Å². The first-order valence-electron chi connectivity index (χ1n) is 9.89. The van der Waals surface area contributed by atoms with Crippen LogP contribution in [0.15, 0.2) is 36.3 Å². The van der Waals surface area contributed by atoms with Crippen molar-refractivity contribution in [2.24, 2.45) is 5.92 Å². The third kappa shape index (κ3) is 3.11. The summed E-state index contributed by atoms with van der Waals surface area (Å²) in [5, 5.41) is 24.9. The molecule has 0 bridgehead atoms. The number of amides is 1. The Morgan fingerprint density at radius 1 is 1.28 bits per heavy atom. The van der Waals surface area contributed by atoms with Gasteiger partial charge in [-0.05, 0) is 57.2 Å². The Labute approximate surface area is 171 Å². The van der Waals surface area contributed by atoms with Crippen molar-refractivity contribution in [3.05, 3.63) is 46.9 Å². The number of anilines is 1. The molecule has 2 aromatic heterocycles. The number of thiophene rings is 1. The zero-order valence-electron chi connectivity index (χ0n) is 16.1. The lowest BCUT2D eigenvalue weighted by atomic mass is 9.69. The van der Waals surface area contributed by atoms with Crippen molar-refractivity contribution >= 4 is 22.9 Å². The molecule has 4 N–H and O–H groups in total. The second kappa shape index (κ2) is 6.53. The molecule has 152 valence electrons. The molecule has 0 aromatic carbocycles. The van der Waals surface area contributed by atoms with Gasteiger partial charge < -0.3 is 15.7 Å². The molecule has 6 nitrogen and oxygen atoms in total. The molecule has 5 rings (SSSR count). The molecule has 1 atom stereocenters. The fourth-order valence-electron chi connectivity index (χ4n) is 4.67. The molecule has 1 saturated carbocycles. The van der Waals surface area contributed by atoms with Crippen LogP contribution >= 0.6 is 11.3 Å². The zero-order chi connectivity index (χ0) is 20.2. The first kappa shape index (κ1) is 18.6. The summed E-state index contributed by atoms with van der Waals surface area (Å²) in [5.41, 5.74) is 1.36. The van der Waals surface area contributed by atoms with Crippen molar-refractivity contribution in [1.82, 2.24) is 15.5 Å². The fraction of sp³-hybridized carbons (Fsp3) is 0.429. The average Bonchev–Trinajstić information content (AvgIpc) is 3.31. The molecule has 1 unspecified atom stereocenters.